The van der Waals surface area contributed by atoms with Crippen LogP contribution in [0.1, 0.15) is 0 Å². The number of allylic oxidation sites excluding steroid dienone is 2. The van der Waals surface area contributed by atoms with Crippen molar-refractivity contribution < 1.29 is 26.3 Å². The van der Waals surface area contributed by atoms with Gasteiger partial charge in [-0.3, -0.25) is 0 Å². The summed E-state index contributed by atoms with van der Waals surface area (Å²) in [6.45, 7) is 0. The standard InChI is InChI=1S/C5H3ClF6/c6-2(1-5(10,11)12)3(7)4(8)9/h1,3-4H. The Labute approximate surface area is 68.8 Å². The fraction of sp³-hybridized carbons (Fsp3) is 0.600. The molecule has 0 saturated carbocycles. The molecule has 0 aromatic heterocycles. The van der Waals surface area contributed by atoms with E-state index >= 15 is 0 Å². The van der Waals surface area contributed by atoms with Crippen LogP contribution in [0.25, 0.3) is 0 Å². The van der Waals surface area contributed by atoms with Crippen LogP contribution >= 0.6 is 11.6 Å². The van der Waals surface area contributed by atoms with Crippen molar-refractivity contribution in [2.45, 2.75) is 18.8 Å². The molecule has 72 valence electrons. The lowest BCUT2D eigenvalue weighted by Crippen LogP contribution is -2.14. The lowest BCUT2D eigenvalue weighted by Gasteiger charge is -2.06. The monoisotopic (exact) mass is 212 g/mol. The van der Waals surface area contributed by atoms with E-state index in [-0.39, 0.29) is 0 Å². The molecule has 0 aliphatic carbocycles. The van der Waals surface area contributed by atoms with E-state index in [0.717, 1.165) is 0 Å². The minimum Gasteiger partial charge on any atom is -0.235 e. The number of hydrogen-bond acceptors (Lipinski definition) is 0. The summed E-state index contributed by atoms with van der Waals surface area (Å²) in [4.78, 5) is 0. The fourth-order valence-corrected chi connectivity index (χ4v) is 0.575. The summed E-state index contributed by atoms with van der Waals surface area (Å²) in [5.41, 5.74) is 0. The fourth-order valence-electron chi connectivity index (χ4n) is 0.356. The lowest BCUT2D eigenvalue weighted by molar-refractivity contribution is -0.0810. The lowest BCUT2D eigenvalue weighted by atomic mass is 10.3. The SMILES string of the molecule is FC(F)C(F)C(Cl)=CC(F)(F)F. The molecule has 1 atom stereocenters. The molecule has 0 spiro atoms. The zero-order valence-electron chi connectivity index (χ0n) is 5.38. The van der Waals surface area contributed by atoms with Gasteiger partial charge >= 0.3 is 6.18 Å². The van der Waals surface area contributed by atoms with E-state index in [4.69, 9.17) is 0 Å². The molecule has 0 amide bonds. The van der Waals surface area contributed by atoms with E-state index in [1.165, 1.54) is 0 Å². The van der Waals surface area contributed by atoms with Crippen LogP contribution in [-0.4, -0.2) is 18.8 Å². The van der Waals surface area contributed by atoms with E-state index in [2.05, 4.69) is 11.6 Å². The average molecular weight is 213 g/mol. The molecule has 0 aromatic carbocycles. The molecule has 7 heteroatoms. The molecule has 0 bridgehead atoms. The third-order valence-electron chi connectivity index (χ3n) is 0.786. The zero-order valence-corrected chi connectivity index (χ0v) is 6.13. The summed E-state index contributed by atoms with van der Waals surface area (Å²) in [5.74, 6) is 0. The Hall–Kier alpha value is -0.390. The first-order chi connectivity index (χ1) is 5.24. The van der Waals surface area contributed by atoms with Crippen LogP contribution in [0.15, 0.2) is 11.1 Å². The molecule has 1 unspecified atom stereocenters. The van der Waals surface area contributed by atoms with Crippen LogP contribution in [0.2, 0.25) is 0 Å². The van der Waals surface area contributed by atoms with Crippen LogP contribution in [0.3, 0.4) is 0 Å². The minimum absolute atomic E-state index is 0.703. The molecule has 0 rings (SSSR count). The first-order valence-corrected chi connectivity index (χ1v) is 2.99. The topological polar surface area (TPSA) is 0 Å². The summed E-state index contributed by atoms with van der Waals surface area (Å²) in [5, 5.41) is -1.54. The Bertz CT molecular complexity index is 171. The maximum absolute atomic E-state index is 12.0. The molecule has 0 saturated heterocycles. The first kappa shape index (κ1) is 11.6. The van der Waals surface area contributed by atoms with Crippen molar-refractivity contribution >= 4 is 11.6 Å². The molecule has 0 nitrogen and oxygen atoms in total. The van der Waals surface area contributed by atoms with Crippen LogP contribution in [0.4, 0.5) is 26.3 Å². The van der Waals surface area contributed by atoms with Crippen molar-refractivity contribution in [2.24, 2.45) is 0 Å². The number of halogens is 7. The zero-order chi connectivity index (χ0) is 9.94. The largest absolute Gasteiger partial charge is 0.410 e. The summed E-state index contributed by atoms with van der Waals surface area (Å²) in [6.07, 6.45) is -12.2. The number of rotatable bonds is 2. The van der Waals surface area contributed by atoms with Gasteiger partial charge in [0.25, 0.3) is 6.43 Å². The second-order valence-electron chi connectivity index (χ2n) is 1.81. The quantitative estimate of drug-likeness (QED) is 0.616. The van der Waals surface area contributed by atoms with Gasteiger partial charge in [-0.1, -0.05) is 11.6 Å². The molecular weight excluding hydrogens is 209 g/mol. The third-order valence-corrected chi connectivity index (χ3v) is 1.10. The summed E-state index contributed by atoms with van der Waals surface area (Å²) < 4.78 is 68.8. The van der Waals surface area contributed by atoms with Gasteiger partial charge in [-0.2, -0.15) is 13.2 Å². The maximum atomic E-state index is 12.0. The van der Waals surface area contributed by atoms with Crippen LogP contribution in [-0.2, 0) is 0 Å². The van der Waals surface area contributed by atoms with Crippen molar-refractivity contribution in [3.8, 4) is 0 Å². The minimum atomic E-state index is -4.88. The molecule has 0 N–H and O–H groups in total. The van der Waals surface area contributed by atoms with Gasteiger partial charge in [0.2, 0.25) is 0 Å². The summed E-state index contributed by atoms with van der Waals surface area (Å²) >= 11 is 4.60. The Morgan fingerprint density at radius 3 is 1.83 bits per heavy atom. The highest BCUT2D eigenvalue weighted by Crippen LogP contribution is 2.25. The van der Waals surface area contributed by atoms with E-state index in [9.17, 15) is 26.3 Å². The Morgan fingerprint density at radius 1 is 1.17 bits per heavy atom. The average Bonchev–Trinajstić information content (AvgIpc) is 1.82. The van der Waals surface area contributed by atoms with Gasteiger partial charge in [0.1, 0.15) is 0 Å². The molecule has 0 radical (unpaired) electrons. The van der Waals surface area contributed by atoms with Gasteiger partial charge in [-0.15, -0.1) is 0 Å². The second-order valence-corrected chi connectivity index (χ2v) is 2.24. The van der Waals surface area contributed by atoms with Crippen LogP contribution in [0, 0.1) is 0 Å². The summed E-state index contributed by atoms with van der Waals surface area (Å²) in [7, 11) is 0. The van der Waals surface area contributed by atoms with Crippen molar-refractivity contribution in [1.82, 2.24) is 0 Å². The van der Waals surface area contributed by atoms with Gasteiger partial charge in [-0.25, -0.2) is 13.2 Å². The Kier molecular flexibility index (Phi) is 3.89. The van der Waals surface area contributed by atoms with E-state index < -0.39 is 29.9 Å². The predicted octanol–water partition coefficient (Wildman–Crippen LogP) is 3.27. The third kappa shape index (κ3) is 4.48. The van der Waals surface area contributed by atoms with Gasteiger partial charge in [0.05, 0.1) is 5.03 Å². The molecule has 0 fully saturated rings. The normalized spacial score (nSPS) is 16.8. The van der Waals surface area contributed by atoms with Gasteiger partial charge in [0, 0.05) is 6.08 Å². The Balaban J connectivity index is 4.38. The highest BCUT2D eigenvalue weighted by atomic mass is 35.5. The molecule has 12 heavy (non-hydrogen) atoms. The predicted molar refractivity (Wildman–Crippen MR) is 30.9 cm³/mol. The van der Waals surface area contributed by atoms with Gasteiger partial charge < -0.3 is 0 Å². The molecule has 0 heterocycles. The van der Waals surface area contributed by atoms with Crippen LogP contribution in [0.5, 0.6) is 0 Å². The van der Waals surface area contributed by atoms with E-state index in [1.54, 1.807) is 0 Å². The molecule has 0 aromatic rings. The van der Waals surface area contributed by atoms with Crippen molar-refractivity contribution in [3.63, 3.8) is 0 Å². The highest BCUT2D eigenvalue weighted by Gasteiger charge is 2.30. The maximum Gasteiger partial charge on any atom is 0.410 e. The summed E-state index contributed by atoms with van der Waals surface area (Å²) in [6, 6.07) is 0. The smallest absolute Gasteiger partial charge is 0.235 e. The molecular formula is C5H3ClF6. The van der Waals surface area contributed by atoms with Crippen molar-refractivity contribution in [2.75, 3.05) is 0 Å². The van der Waals surface area contributed by atoms with Gasteiger partial charge in [-0.05, 0) is 0 Å². The highest BCUT2D eigenvalue weighted by molar-refractivity contribution is 6.30. The second kappa shape index (κ2) is 4.02. The van der Waals surface area contributed by atoms with Crippen molar-refractivity contribution in [1.29, 1.82) is 0 Å². The van der Waals surface area contributed by atoms with Crippen molar-refractivity contribution in [3.05, 3.63) is 11.1 Å². The first-order valence-electron chi connectivity index (χ1n) is 2.61. The molecule has 0 aliphatic heterocycles. The number of alkyl halides is 6. The molecule has 0 aliphatic rings. The van der Waals surface area contributed by atoms with Crippen LogP contribution < -0.4 is 0 Å². The number of hydrogen-bond donors (Lipinski definition) is 0. The van der Waals surface area contributed by atoms with E-state index in [1.807, 2.05) is 0 Å². The van der Waals surface area contributed by atoms with E-state index in [0.29, 0.717) is 0 Å². The van der Waals surface area contributed by atoms with Gasteiger partial charge in [0.15, 0.2) is 6.17 Å². The Morgan fingerprint density at radius 2 is 1.58 bits per heavy atom.